The third kappa shape index (κ3) is 2.54. The second kappa shape index (κ2) is 4.84. The van der Waals surface area contributed by atoms with Crippen molar-refractivity contribution in [3.63, 3.8) is 0 Å². The fraction of sp³-hybridized carbons (Fsp3) is 0.182. The van der Waals surface area contributed by atoms with Crippen LogP contribution in [0.3, 0.4) is 0 Å². The van der Waals surface area contributed by atoms with Gasteiger partial charge in [-0.1, -0.05) is 0 Å². The summed E-state index contributed by atoms with van der Waals surface area (Å²) in [7, 11) is 11.4. The van der Waals surface area contributed by atoms with Crippen molar-refractivity contribution >= 4 is 28.8 Å². The second-order valence-corrected chi connectivity index (χ2v) is 9.08. The zero-order valence-corrected chi connectivity index (χ0v) is 11.0. The monoisotopic (exact) mass is 275 g/mol. The van der Waals surface area contributed by atoms with Gasteiger partial charge in [-0.05, 0) is 0 Å². The summed E-state index contributed by atoms with van der Waals surface area (Å²) in [5.74, 6) is 0.175. The first-order valence-electron chi connectivity index (χ1n) is 4.67. The van der Waals surface area contributed by atoms with E-state index in [0.717, 1.165) is 0 Å². The molecule has 1 atom stereocenters. The average Bonchev–Trinajstić information content (AvgIpc) is 2.62. The van der Waals surface area contributed by atoms with Crippen LogP contribution in [0, 0.1) is 0 Å². The number of rotatable bonds is 3. The molecule has 0 spiro atoms. The Morgan fingerprint density at radius 2 is 2.07 bits per heavy atom. The fourth-order valence-electron chi connectivity index (χ4n) is 1.78. The number of carbonyl (C=O) groups excluding carboxylic acids is 1. The van der Waals surface area contributed by atoms with Crippen molar-refractivity contribution in [1.82, 2.24) is 0 Å². The van der Waals surface area contributed by atoms with Gasteiger partial charge >= 0.3 is 103 Å². The van der Waals surface area contributed by atoms with E-state index in [9.17, 15) is 4.79 Å². The predicted molar refractivity (Wildman–Crippen MR) is 59.5 cm³/mol. The van der Waals surface area contributed by atoms with Gasteiger partial charge in [-0.2, -0.15) is 0 Å². The first-order chi connectivity index (χ1) is 7.18. The number of benzene rings is 1. The van der Waals surface area contributed by atoms with Gasteiger partial charge in [0.15, 0.2) is 0 Å². The van der Waals surface area contributed by atoms with Crippen molar-refractivity contribution in [2.24, 2.45) is 0 Å². The molecule has 1 aliphatic rings. The van der Waals surface area contributed by atoms with E-state index in [1.165, 1.54) is 11.1 Å². The number of fused-ring (bicyclic) bond motifs is 1. The molecule has 2 rings (SSSR count). The topological polar surface area (TPSA) is 17.1 Å². The molecule has 77 valence electrons. The molecule has 4 heteroatoms. The summed E-state index contributed by atoms with van der Waals surface area (Å²) in [4.78, 5) is 11.5. The van der Waals surface area contributed by atoms with Gasteiger partial charge in [-0.15, -0.1) is 0 Å². The van der Waals surface area contributed by atoms with Crippen molar-refractivity contribution in [1.29, 1.82) is 0 Å². The third-order valence-corrected chi connectivity index (χ3v) is 5.23. The zero-order chi connectivity index (χ0) is 10.8. The van der Waals surface area contributed by atoms with Crippen molar-refractivity contribution in [2.45, 2.75) is 12.3 Å². The second-order valence-electron chi connectivity index (χ2n) is 3.48. The third-order valence-electron chi connectivity index (χ3n) is 2.52. The minimum absolute atomic E-state index is 0.0460. The quantitative estimate of drug-likeness (QED) is 0.770. The van der Waals surface area contributed by atoms with Crippen LogP contribution in [0.1, 0.15) is 23.5 Å². The molecule has 0 saturated carbocycles. The first-order valence-corrected chi connectivity index (χ1v) is 9.74. The molecular formula is C11H9Cl2OTi. The molecule has 1 nitrogen and oxygen atoms in total. The van der Waals surface area contributed by atoms with Crippen LogP contribution in [0.5, 0.6) is 0 Å². The summed E-state index contributed by atoms with van der Waals surface area (Å²) in [6.45, 7) is 0. The zero-order valence-electron chi connectivity index (χ0n) is 7.91. The fourth-order valence-corrected chi connectivity index (χ4v) is 3.00. The average molecular weight is 276 g/mol. The molecule has 0 bridgehead atoms. The van der Waals surface area contributed by atoms with Crippen LogP contribution in [0.15, 0.2) is 30.3 Å². The Hall–Kier alpha value is -0.0757. The van der Waals surface area contributed by atoms with E-state index in [4.69, 9.17) is 18.6 Å². The van der Waals surface area contributed by atoms with E-state index in [1.807, 2.05) is 12.1 Å². The molecule has 0 aliphatic heterocycles. The van der Waals surface area contributed by atoms with Gasteiger partial charge in [-0.25, -0.2) is 0 Å². The van der Waals surface area contributed by atoms with Gasteiger partial charge in [0.25, 0.3) is 0 Å². The van der Waals surface area contributed by atoms with Gasteiger partial charge in [0, 0.05) is 0 Å². The Bertz CT molecular complexity index is 415. The van der Waals surface area contributed by atoms with E-state index < -0.39 is 15.7 Å². The first kappa shape index (κ1) is 11.4. The molecule has 0 heterocycles. The molecule has 15 heavy (non-hydrogen) atoms. The summed E-state index contributed by atoms with van der Waals surface area (Å²) in [5.41, 5.74) is 2.40. The summed E-state index contributed by atoms with van der Waals surface area (Å²) in [6, 6.07) is 8.09. The number of hydrogen-bond acceptors (Lipinski definition) is 1. The van der Waals surface area contributed by atoms with Crippen molar-refractivity contribution < 1.29 is 20.5 Å². The summed E-state index contributed by atoms with van der Waals surface area (Å²) in [6.07, 6.45) is 4.56. The maximum absolute atomic E-state index is 11.5. The van der Waals surface area contributed by atoms with Crippen molar-refractivity contribution in [3.8, 4) is 0 Å². The van der Waals surface area contributed by atoms with Crippen LogP contribution in [0.2, 0.25) is 0 Å². The predicted octanol–water partition coefficient (Wildman–Crippen LogP) is 3.64. The normalized spacial score (nSPS) is 17.6. The maximum atomic E-state index is 11.5. The summed E-state index contributed by atoms with van der Waals surface area (Å²) >= 11 is -2.41. The van der Waals surface area contributed by atoms with Gasteiger partial charge < -0.3 is 0 Å². The molecule has 0 aromatic heterocycles. The molecule has 1 aromatic rings. The molecule has 1 aromatic carbocycles. The van der Waals surface area contributed by atoms with E-state index >= 15 is 0 Å². The van der Waals surface area contributed by atoms with Crippen molar-refractivity contribution in [3.05, 3.63) is 41.5 Å². The van der Waals surface area contributed by atoms with Crippen LogP contribution in [-0.2, 0) is 20.5 Å². The molecule has 0 amide bonds. The van der Waals surface area contributed by atoms with Crippen LogP contribution < -0.4 is 0 Å². The van der Waals surface area contributed by atoms with Crippen LogP contribution in [-0.4, -0.2) is 4.09 Å². The number of allylic oxidation sites excluding steroid dienone is 1. The molecular weight excluding hydrogens is 267 g/mol. The standard InChI is InChI=1S/C11H9O.2ClH.Ti/c12-8-7-10-6-5-9-3-1-2-4-11(9)10;;;/h1-6,10H,7H2;2*1H;/q;;;+2/p-2. The van der Waals surface area contributed by atoms with Crippen molar-refractivity contribution in [2.75, 3.05) is 0 Å². The molecule has 0 fully saturated rings. The molecule has 1 unspecified atom stereocenters. The van der Waals surface area contributed by atoms with E-state index in [2.05, 4.69) is 24.3 Å². The Labute approximate surface area is 103 Å². The van der Waals surface area contributed by atoms with Crippen LogP contribution in [0.4, 0.5) is 0 Å². The Morgan fingerprint density at radius 1 is 1.33 bits per heavy atom. The minimum atomic E-state index is -2.41. The van der Waals surface area contributed by atoms with Gasteiger partial charge in [0.05, 0.1) is 0 Å². The van der Waals surface area contributed by atoms with E-state index in [0.29, 0.717) is 6.42 Å². The number of halogens is 2. The summed E-state index contributed by atoms with van der Waals surface area (Å²) < 4.78 is 0.0460. The molecule has 0 N–H and O–H groups in total. The van der Waals surface area contributed by atoms with E-state index in [1.54, 1.807) is 0 Å². The molecule has 0 radical (unpaired) electrons. The Balaban J connectivity index is 2.15. The number of carbonyl (C=O) groups is 1. The SMILES string of the molecule is O=[C](CC1C=Cc2ccccc21)[Ti]([Cl])[Cl]. The van der Waals surface area contributed by atoms with Gasteiger partial charge in [0.2, 0.25) is 0 Å². The van der Waals surface area contributed by atoms with Crippen LogP contribution >= 0.6 is 18.6 Å². The molecule has 0 saturated heterocycles. The molecule has 1 aliphatic carbocycles. The Morgan fingerprint density at radius 3 is 2.80 bits per heavy atom. The van der Waals surface area contributed by atoms with Crippen LogP contribution in [0.25, 0.3) is 6.08 Å². The Kier molecular flexibility index (Phi) is 3.68. The summed E-state index contributed by atoms with van der Waals surface area (Å²) in [5, 5.41) is 0. The van der Waals surface area contributed by atoms with E-state index in [-0.39, 0.29) is 10.0 Å². The van der Waals surface area contributed by atoms with Gasteiger partial charge in [0.1, 0.15) is 0 Å². The number of hydrogen-bond donors (Lipinski definition) is 0. The van der Waals surface area contributed by atoms with Gasteiger partial charge in [-0.3, -0.25) is 0 Å².